The molecule has 0 radical (unpaired) electrons. The number of unbranched alkanes of at least 4 members (excludes halogenated alkanes) is 14. The van der Waals surface area contributed by atoms with Crippen LogP contribution in [-0.4, -0.2) is 11.8 Å². The zero-order valence-electron chi connectivity index (χ0n) is 19.2. The first-order valence-electron chi connectivity index (χ1n) is 12.2. The van der Waals surface area contributed by atoms with Crippen molar-refractivity contribution < 1.29 is 14.2 Å². The number of nitrogens with one attached hydrogen (secondary N) is 2. The van der Waals surface area contributed by atoms with E-state index < -0.39 is 0 Å². The smallest absolute Gasteiger partial charge is 0.273 e. The molecule has 170 valence electrons. The van der Waals surface area contributed by atoms with Gasteiger partial charge in [-0.2, -0.15) is 4.57 Å². The number of aromatic nitrogens is 1. The van der Waals surface area contributed by atoms with E-state index in [1.807, 2.05) is 30.6 Å². The Labute approximate surface area is 184 Å². The number of hydrogen-bond acceptors (Lipinski definition) is 2. The molecular formula is C25H44N3O2+. The molecule has 5 heteroatoms. The van der Waals surface area contributed by atoms with Crippen LogP contribution in [0.4, 0.5) is 0 Å². The molecule has 2 N–H and O–H groups in total. The lowest BCUT2D eigenvalue weighted by molar-refractivity contribution is -0.684. The highest BCUT2D eigenvalue weighted by Crippen LogP contribution is 2.13. The van der Waals surface area contributed by atoms with Crippen molar-refractivity contribution in [3.8, 4) is 0 Å². The molecular weight excluding hydrogens is 374 g/mol. The maximum absolute atomic E-state index is 11.8. The van der Waals surface area contributed by atoms with Crippen LogP contribution in [0, 0.1) is 0 Å². The Hall–Kier alpha value is -1.91. The summed E-state index contributed by atoms with van der Waals surface area (Å²) in [5.74, 6) is -0.341. The van der Waals surface area contributed by atoms with Crippen molar-refractivity contribution in [2.75, 3.05) is 0 Å². The Bertz CT molecular complexity index is 549. The summed E-state index contributed by atoms with van der Waals surface area (Å²) in [5.41, 5.74) is 4.97. The lowest BCUT2D eigenvalue weighted by atomic mass is 10.0. The first kappa shape index (κ1) is 26.1. The maximum Gasteiger partial charge on any atom is 0.304 e. The zero-order chi connectivity index (χ0) is 21.7. The highest BCUT2D eigenvalue weighted by molar-refractivity contribution is 5.81. The van der Waals surface area contributed by atoms with Gasteiger partial charge in [0, 0.05) is 18.6 Å². The van der Waals surface area contributed by atoms with Crippen molar-refractivity contribution in [1.29, 1.82) is 0 Å². The van der Waals surface area contributed by atoms with Gasteiger partial charge >= 0.3 is 5.91 Å². The van der Waals surface area contributed by atoms with Gasteiger partial charge in [0.25, 0.3) is 0 Å². The second kappa shape index (κ2) is 19.1. The molecule has 1 heterocycles. The fourth-order valence-electron chi connectivity index (χ4n) is 3.60. The highest BCUT2D eigenvalue weighted by Gasteiger charge is 2.09. The second-order valence-corrected chi connectivity index (χ2v) is 8.34. The molecule has 0 aliphatic heterocycles. The van der Waals surface area contributed by atoms with Gasteiger partial charge in [-0.05, 0) is 6.42 Å². The molecule has 0 unspecified atom stereocenters. The summed E-state index contributed by atoms with van der Waals surface area (Å²) < 4.78 is 1.76. The third kappa shape index (κ3) is 15.9. The van der Waals surface area contributed by atoms with E-state index in [2.05, 4.69) is 17.8 Å². The molecule has 30 heavy (non-hydrogen) atoms. The Balaban J connectivity index is 1.82. The zero-order valence-corrected chi connectivity index (χ0v) is 19.2. The van der Waals surface area contributed by atoms with Crippen LogP contribution < -0.4 is 15.4 Å². The van der Waals surface area contributed by atoms with Crippen molar-refractivity contribution >= 4 is 11.8 Å². The van der Waals surface area contributed by atoms with E-state index in [9.17, 15) is 9.59 Å². The number of carbonyl (C=O) groups is 2. The molecule has 0 bridgehead atoms. The summed E-state index contributed by atoms with van der Waals surface area (Å²) in [5, 5.41) is 0. The average molecular weight is 419 g/mol. The van der Waals surface area contributed by atoms with Crippen molar-refractivity contribution in [2.45, 2.75) is 116 Å². The molecule has 1 aromatic rings. The van der Waals surface area contributed by atoms with Gasteiger partial charge in [0.05, 0.1) is 0 Å². The van der Waals surface area contributed by atoms with Gasteiger partial charge in [-0.1, -0.05) is 103 Å². The minimum Gasteiger partial charge on any atom is -0.273 e. The molecule has 5 nitrogen and oxygen atoms in total. The average Bonchev–Trinajstić information content (AvgIpc) is 2.75. The molecule has 0 saturated carbocycles. The standard InChI is InChI=1S/C25H43N3O2/c1-2-3-4-5-6-7-8-9-10-11-12-13-14-15-17-20-24(29)26-27-25(30)23-28-21-18-16-19-22-28/h16,18-19,21-22H,2-15,17,20,23H2,1H3,(H-,26,27,29,30)/p+1. The number of hydrogen-bond donors (Lipinski definition) is 2. The number of pyridine rings is 1. The predicted octanol–water partition coefficient (Wildman–Crippen LogP) is 5.38. The SMILES string of the molecule is CCCCCCCCCCCCCCCCCC(=O)NNC(=O)C[n+]1ccccc1. The molecule has 0 aliphatic rings. The molecule has 2 amide bonds. The van der Waals surface area contributed by atoms with Crippen LogP contribution in [0.15, 0.2) is 30.6 Å². The van der Waals surface area contributed by atoms with E-state index >= 15 is 0 Å². The van der Waals surface area contributed by atoms with Crippen molar-refractivity contribution in [3.05, 3.63) is 30.6 Å². The number of nitrogens with zero attached hydrogens (tertiary/aromatic N) is 1. The van der Waals surface area contributed by atoms with Crippen LogP contribution in [0.1, 0.15) is 110 Å². The number of hydrazine groups is 1. The largest absolute Gasteiger partial charge is 0.304 e. The van der Waals surface area contributed by atoms with Gasteiger partial charge in [-0.3, -0.25) is 20.4 Å². The Kier molecular flexibility index (Phi) is 16.6. The van der Waals surface area contributed by atoms with Crippen molar-refractivity contribution in [2.24, 2.45) is 0 Å². The second-order valence-electron chi connectivity index (χ2n) is 8.34. The van der Waals surface area contributed by atoms with Gasteiger partial charge in [-0.15, -0.1) is 0 Å². The summed E-state index contributed by atoms with van der Waals surface area (Å²) in [4.78, 5) is 23.6. The van der Waals surface area contributed by atoms with E-state index in [4.69, 9.17) is 0 Å². The highest BCUT2D eigenvalue weighted by atomic mass is 16.2. The van der Waals surface area contributed by atoms with Crippen molar-refractivity contribution in [1.82, 2.24) is 10.9 Å². The van der Waals surface area contributed by atoms with E-state index in [0.717, 1.165) is 12.8 Å². The summed E-state index contributed by atoms with van der Waals surface area (Å²) in [6.07, 6.45) is 23.8. The quantitative estimate of drug-likeness (QED) is 0.191. The minimum atomic E-state index is -0.226. The fourth-order valence-corrected chi connectivity index (χ4v) is 3.60. The Morgan fingerprint density at radius 3 is 1.53 bits per heavy atom. The van der Waals surface area contributed by atoms with Crippen molar-refractivity contribution in [3.63, 3.8) is 0 Å². The monoisotopic (exact) mass is 418 g/mol. The third-order valence-electron chi connectivity index (χ3n) is 5.45. The lowest BCUT2D eigenvalue weighted by Gasteiger charge is -2.06. The van der Waals surface area contributed by atoms with Crippen LogP contribution in [-0.2, 0) is 16.1 Å². The first-order chi connectivity index (χ1) is 14.7. The normalized spacial score (nSPS) is 10.7. The fraction of sp³-hybridized carbons (Fsp3) is 0.720. The van der Waals surface area contributed by atoms with Gasteiger partial charge in [0.2, 0.25) is 12.5 Å². The molecule has 1 rings (SSSR count). The minimum absolute atomic E-state index is 0.115. The van der Waals surface area contributed by atoms with E-state index in [-0.39, 0.29) is 18.4 Å². The maximum atomic E-state index is 11.8. The molecule has 1 aromatic heterocycles. The van der Waals surface area contributed by atoms with E-state index in [1.165, 1.54) is 83.5 Å². The number of carbonyl (C=O) groups excluding carboxylic acids is 2. The van der Waals surface area contributed by atoms with Crippen LogP contribution in [0.2, 0.25) is 0 Å². The van der Waals surface area contributed by atoms with E-state index in [1.54, 1.807) is 4.57 Å². The van der Waals surface area contributed by atoms with Gasteiger partial charge in [0.15, 0.2) is 12.4 Å². The summed E-state index contributed by atoms with van der Waals surface area (Å²) in [6, 6.07) is 5.62. The summed E-state index contributed by atoms with van der Waals surface area (Å²) in [7, 11) is 0. The van der Waals surface area contributed by atoms with Gasteiger partial charge in [-0.25, -0.2) is 0 Å². The number of amides is 2. The van der Waals surface area contributed by atoms with Crippen LogP contribution in [0.5, 0.6) is 0 Å². The predicted molar refractivity (Wildman–Crippen MR) is 122 cm³/mol. The Morgan fingerprint density at radius 1 is 0.600 bits per heavy atom. The Morgan fingerprint density at radius 2 is 1.03 bits per heavy atom. The topological polar surface area (TPSA) is 62.1 Å². The molecule has 0 aliphatic carbocycles. The van der Waals surface area contributed by atoms with Crippen LogP contribution >= 0.6 is 0 Å². The molecule has 0 saturated heterocycles. The molecule has 0 aromatic carbocycles. The summed E-state index contributed by atoms with van der Waals surface area (Å²) >= 11 is 0. The third-order valence-corrected chi connectivity index (χ3v) is 5.45. The van der Waals surface area contributed by atoms with Crippen LogP contribution in [0.3, 0.4) is 0 Å². The molecule has 0 spiro atoms. The van der Waals surface area contributed by atoms with E-state index in [0.29, 0.717) is 6.42 Å². The number of rotatable bonds is 18. The van der Waals surface area contributed by atoms with Gasteiger partial charge < -0.3 is 0 Å². The lowest BCUT2D eigenvalue weighted by Crippen LogP contribution is -2.48. The summed E-state index contributed by atoms with van der Waals surface area (Å²) in [6.45, 7) is 2.46. The van der Waals surface area contributed by atoms with Gasteiger partial charge in [0.1, 0.15) is 0 Å². The molecule has 0 fully saturated rings. The first-order valence-corrected chi connectivity index (χ1v) is 12.2. The van der Waals surface area contributed by atoms with Crippen LogP contribution in [0.25, 0.3) is 0 Å². The molecule has 0 atom stereocenters.